The molecular weight excluding hydrogens is 512 g/mol. The van der Waals surface area contributed by atoms with Gasteiger partial charge < -0.3 is 4.74 Å². The van der Waals surface area contributed by atoms with Crippen LogP contribution in [-0.2, 0) is 9.53 Å². The minimum Gasteiger partial charge on any atom is -0.462 e. The molecule has 0 amide bonds. The van der Waals surface area contributed by atoms with Gasteiger partial charge in [-0.05, 0) is 26.2 Å². The fraction of sp³-hybridized carbons (Fsp3) is 0.925. The number of hydrogen-bond acceptors (Lipinski definition) is 2. The first-order valence-corrected chi connectivity index (χ1v) is 19.6. The molecule has 0 rings (SSSR count). The number of hydrogen-bond donors (Lipinski definition) is 0. The Morgan fingerprint density at radius 1 is 0.405 bits per heavy atom. The maximum atomic E-state index is 12.2. The Labute approximate surface area is 266 Å². The van der Waals surface area contributed by atoms with Gasteiger partial charge in [0.15, 0.2) is 0 Å². The number of carbonyl (C=O) groups excluding carboxylic acids is 1. The molecule has 250 valence electrons. The van der Waals surface area contributed by atoms with Crippen LogP contribution < -0.4 is 0 Å². The maximum absolute atomic E-state index is 12.2. The largest absolute Gasteiger partial charge is 0.462 e. The van der Waals surface area contributed by atoms with E-state index in [-0.39, 0.29) is 5.97 Å². The van der Waals surface area contributed by atoms with Crippen LogP contribution in [0.3, 0.4) is 0 Å². The molecule has 42 heavy (non-hydrogen) atoms. The first-order valence-electron chi connectivity index (χ1n) is 19.6. The molecule has 0 fully saturated rings. The molecule has 2 heteroatoms. The topological polar surface area (TPSA) is 26.3 Å². The van der Waals surface area contributed by atoms with Crippen molar-refractivity contribution in [2.24, 2.45) is 0 Å². The first kappa shape index (κ1) is 41.2. The quantitative estimate of drug-likeness (QED) is 0.0417. The third-order valence-corrected chi connectivity index (χ3v) is 9.06. The second-order valence-electron chi connectivity index (χ2n) is 13.4. The normalized spacial score (nSPS) is 11.8. The van der Waals surface area contributed by atoms with Crippen molar-refractivity contribution in [3.05, 3.63) is 11.6 Å². The van der Waals surface area contributed by atoms with Gasteiger partial charge in [0, 0.05) is 5.57 Å². The lowest BCUT2D eigenvalue weighted by Crippen LogP contribution is -2.07. The van der Waals surface area contributed by atoms with Crippen LogP contribution in [0, 0.1) is 0 Å². The Bertz CT molecular complexity index is 552. The van der Waals surface area contributed by atoms with E-state index in [1.807, 2.05) is 6.92 Å². The van der Waals surface area contributed by atoms with E-state index in [1.165, 1.54) is 199 Å². The summed E-state index contributed by atoms with van der Waals surface area (Å²) in [6.45, 7) is 7.09. The van der Waals surface area contributed by atoms with Gasteiger partial charge in [-0.15, -0.1) is 0 Å². The van der Waals surface area contributed by atoms with Crippen molar-refractivity contribution in [2.75, 3.05) is 6.61 Å². The molecular formula is C40H78O2. The predicted molar refractivity (Wildman–Crippen MR) is 188 cm³/mol. The van der Waals surface area contributed by atoms with Crippen LogP contribution in [0.15, 0.2) is 11.6 Å². The van der Waals surface area contributed by atoms with Crippen LogP contribution >= 0.6 is 0 Å². The smallest absolute Gasteiger partial charge is 0.333 e. The van der Waals surface area contributed by atoms with E-state index >= 15 is 0 Å². The molecule has 0 aromatic carbocycles. The average molecular weight is 591 g/mol. The van der Waals surface area contributed by atoms with Crippen LogP contribution in [0.25, 0.3) is 0 Å². The van der Waals surface area contributed by atoms with Crippen molar-refractivity contribution in [3.63, 3.8) is 0 Å². The van der Waals surface area contributed by atoms with E-state index in [0.29, 0.717) is 6.61 Å². The molecule has 0 saturated carbocycles. The van der Waals surface area contributed by atoms with E-state index in [0.717, 1.165) is 18.4 Å². The molecule has 0 saturated heterocycles. The molecule has 0 radical (unpaired) electrons. The van der Waals surface area contributed by atoms with Crippen molar-refractivity contribution < 1.29 is 9.53 Å². The summed E-state index contributed by atoms with van der Waals surface area (Å²) in [5.74, 6) is -0.105. The SMILES string of the molecule is CCCCCCCCCCCCCCCCCCCCC=C(C)C(=O)OCCCCCCCCCCCCCCCC. The summed E-state index contributed by atoms with van der Waals surface area (Å²) in [7, 11) is 0. The Balaban J connectivity index is 3.33. The second kappa shape index (κ2) is 36.4. The molecule has 0 aliphatic carbocycles. The van der Waals surface area contributed by atoms with Gasteiger partial charge in [0.05, 0.1) is 6.61 Å². The van der Waals surface area contributed by atoms with Gasteiger partial charge in [0.1, 0.15) is 0 Å². The molecule has 0 bridgehead atoms. The monoisotopic (exact) mass is 591 g/mol. The molecule has 2 nitrogen and oxygen atoms in total. The fourth-order valence-electron chi connectivity index (χ4n) is 6.02. The van der Waals surface area contributed by atoms with Crippen molar-refractivity contribution in [1.82, 2.24) is 0 Å². The third kappa shape index (κ3) is 33.7. The molecule has 0 aromatic heterocycles. The van der Waals surface area contributed by atoms with Crippen molar-refractivity contribution >= 4 is 5.97 Å². The van der Waals surface area contributed by atoms with Gasteiger partial charge >= 0.3 is 5.97 Å². The van der Waals surface area contributed by atoms with E-state index in [1.54, 1.807) is 0 Å². The Morgan fingerprint density at radius 2 is 0.667 bits per heavy atom. The van der Waals surface area contributed by atoms with Gasteiger partial charge in [-0.3, -0.25) is 0 Å². The standard InChI is InChI=1S/C40H78O2/c1-4-6-8-10-12-14-16-18-20-21-22-23-24-25-27-29-31-33-35-37-39(3)40(41)42-38-36-34-32-30-28-26-19-17-15-13-11-9-7-5-2/h37H,4-36,38H2,1-3H3. The van der Waals surface area contributed by atoms with Crippen LogP contribution in [0.4, 0.5) is 0 Å². The molecule has 0 atom stereocenters. The van der Waals surface area contributed by atoms with Crippen molar-refractivity contribution in [1.29, 1.82) is 0 Å². The number of esters is 1. The average Bonchev–Trinajstić information content (AvgIpc) is 3.00. The minimum absolute atomic E-state index is 0.105. The minimum atomic E-state index is -0.105. The second-order valence-corrected chi connectivity index (χ2v) is 13.4. The summed E-state index contributed by atoms with van der Waals surface area (Å²) in [6, 6.07) is 0. The van der Waals surface area contributed by atoms with Crippen LogP contribution in [0.2, 0.25) is 0 Å². The number of unbranched alkanes of at least 4 members (excludes halogenated alkanes) is 31. The predicted octanol–water partition coefficient (Wildman–Crippen LogP) is 14.4. The number of allylic oxidation sites excluding steroid dienone is 1. The lowest BCUT2D eigenvalue weighted by Gasteiger charge is -2.06. The lowest BCUT2D eigenvalue weighted by molar-refractivity contribution is -0.139. The third-order valence-electron chi connectivity index (χ3n) is 9.06. The Hall–Kier alpha value is -0.790. The first-order chi connectivity index (χ1) is 20.7. The van der Waals surface area contributed by atoms with Gasteiger partial charge in [-0.1, -0.05) is 213 Å². The summed E-state index contributed by atoms with van der Waals surface area (Å²) in [4.78, 5) is 12.2. The zero-order valence-corrected chi connectivity index (χ0v) is 29.4. The highest BCUT2D eigenvalue weighted by Crippen LogP contribution is 2.16. The molecule has 0 aliphatic rings. The lowest BCUT2D eigenvalue weighted by atomic mass is 10.0. The molecule has 0 aliphatic heterocycles. The van der Waals surface area contributed by atoms with Crippen LogP contribution in [-0.4, -0.2) is 12.6 Å². The van der Waals surface area contributed by atoms with Gasteiger partial charge in [0.2, 0.25) is 0 Å². The summed E-state index contributed by atoms with van der Waals surface area (Å²) >= 11 is 0. The van der Waals surface area contributed by atoms with E-state index in [2.05, 4.69) is 19.9 Å². The van der Waals surface area contributed by atoms with E-state index in [9.17, 15) is 4.79 Å². The maximum Gasteiger partial charge on any atom is 0.333 e. The number of ether oxygens (including phenoxy) is 1. The van der Waals surface area contributed by atoms with Gasteiger partial charge in [0.25, 0.3) is 0 Å². The molecule has 0 unspecified atom stereocenters. The Kier molecular flexibility index (Phi) is 35.7. The van der Waals surface area contributed by atoms with E-state index in [4.69, 9.17) is 4.74 Å². The Morgan fingerprint density at radius 3 is 0.976 bits per heavy atom. The molecule has 0 heterocycles. The van der Waals surface area contributed by atoms with Crippen LogP contribution in [0.1, 0.15) is 233 Å². The summed E-state index contributed by atoms with van der Waals surface area (Å²) in [6.07, 6.45) is 47.3. The summed E-state index contributed by atoms with van der Waals surface area (Å²) < 4.78 is 5.49. The summed E-state index contributed by atoms with van der Waals surface area (Å²) in [5, 5.41) is 0. The number of rotatable bonds is 35. The van der Waals surface area contributed by atoms with E-state index < -0.39 is 0 Å². The highest BCUT2D eigenvalue weighted by molar-refractivity contribution is 5.87. The van der Waals surface area contributed by atoms with Crippen LogP contribution in [0.5, 0.6) is 0 Å². The highest BCUT2D eigenvalue weighted by atomic mass is 16.5. The van der Waals surface area contributed by atoms with Crippen molar-refractivity contribution in [3.8, 4) is 0 Å². The molecule has 0 spiro atoms. The zero-order chi connectivity index (χ0) is 30.6. The zero-order valence-electron chi connectivity index (χ0n) is 29.4. The highest BCUT2D eigenvalue weighted by Gasteiger charge is 2.05. The number of carbonyl (C=O) groups is 1. The molecule has 0 aromatic rings. The van der Waals surface area contributed by atoms with Gasteiger partial charge in [-0.2, -0.15) is 0 Å². The molecule has 0 N–H and O–H groups in total. The fourth-order valence-corrected chi connectivity index (χ4v) is 6.02. The van der Waals surface area contributed by atoms with Gasteiger partial charge in [-0.25, -0.2) is 4.79 Å². The van der Waals surface area contributed by atoms with Crippen molar-refractivity contribution in [2.45, 2.75) is 233 Å². The summed E-state index contributed by atoms with van der Waals surface area (Å²) in [5.41, 5.74) is 0.798.